The molecule has 0 bridgehead atoms. The van der Waals surface area contributed by atoms with Gasteiger partial charge in [-0.05, 0) is 24.4 Å². The number of nitrogens with one attached hydrogen (secondary N) is 3. The van der Waals surface area contributed by atoms with E-state index in [1.165, 1.54) is 0 Å². The van der Waals surface area contributed by atoms with Crippen LogP contribution in [-0.2, 0) is 4.74 Å². The molecular weight excluding hydrogens is 310 g/mol. The van der Waals surface area contributed by atoms with E-state index in [-0.39, 0.29) is 5.11 Å². The van der Waals surface area contributed by atoms with Crippen LogP contribution in [-0.4, -0.2) is 62.8 Å². The Hall–Kier alpha value is -1.33. The van der Waals surface area contributed by atoms with Gasteiger partial charge in [-0.2, -0.15) is 0 Å². The minimum Gasteiger partial charge on any atom is -0.394 e. The lowest BCUT2D eigenvalue weighted by atomic mass is 9.99. The van der Waals surface area contributed by atoms with Crippen molar-refractivity contribution in [1.29, 1.82) is 0 Å². The summed E-state index contributed by atoms with van der Waals surface area (Å²) < 4.78 is 5.26. The quantitative estimate of drug-likeness (QED) is 0.255. The number of thiocarbonyl (C=S) groups is 1. The highest BCUT2D eigenvalue weighted by Gasteiger charge is 2.43. The summed E-state index contributed by atoms with van der Waals surface area (Å²) in [5.41, 5.74) is 5.99. The summed E-state index contributed by atoms with van der Waals surface area (Å²) in [6.45, 7) is -0.490. The maximum atomic E-state index is 9.84. The second kappa shape index (κ2) is 7.79. The minimum absolute atomic E-state index is 0.225. The monoisotopic (exact) mass is 329 g/mol. The van der Waals surface area contributed by atoms with Gasteiger partial charge in [0.05, 0.1) is 6.61 Å². The molecule has 22 heavy (non-hydrogen) atoms. The number of anilines is 1. The van der Waals surface area contributed by atoms with E-state index >= 15 is 0 Å². The summed E-state index contributed by atoms with van der Waals surface area (Å²) in [5, 5.41) is 41.4. The van der Waals surface area contributed by atoms with Gasteiger partial charge in [0.25, 0.3) is 0 Å². The fraction of sp³-hybridized carbons (Fsp3) is 0.462. The van der Waals surface area contributed by atoms with Crippen LogP contribution in [0.25, 0.3) is 0 Å². The van der Waals surface area contributed by atoms with E-state index in [4.69, 9.17) is 22.1 Å². The molecule has 0 saturated carbocycles. The standard InChI is InChI=1S/C13H19N3O5S/c17-6-8-9(18)10(19)11(20)12(21-8)15-16-13(22)14-7-4-2-1-3-5-7/h1-5,8-12,15,17-20H,6H2,(H2,14,16,22)/t8-,9-,10-,11+,12-/m0/s1. The molecule has 1 aliphatic heterocycles. The molecule has 0 spiro atoms. The normalized spacial score (nSPS) is 31.5. The third kappa shape index (κ3) is 4.11. The van der Waals surface area contributed by atoms with Crippen molar-refractivity contribution < 1.29 is 25.2 Å². The molecule has 0 aromatic heterocycles. The summed E-state index contributed by atoms with van der Waals surface area (Å²) in [5.74, 6) is 0. The molecular formula is C13H19N3O5S. The molecule has 0 unspecified atom stereocenters. The molecule has 1 saturated heterocycles. The van der Waals surface area contributed by atoms with E-state index in [1.54, 1.807) is 0 Å². The Morgan fingerprint density at radius 1 is 1.09 bits per heavy atom. The maximum absolute atomic E-state index is 9.84. The minimum atomic E-state index is -1.44. The van der Waals surface area contributed by atoms with E-state index in [1.807, 2.05) is 30.3 Å². The van der Waals surface area contributed by atoms with E-state index in [0.717, 1.165) is 5.69 Å². The van der Waals surface area contributed by atoms with Gasteiger partial charge in [0.15, 0.2) is 11.3 Å². The fourth-order valence-corrected chi connectivity index (χ4v) is 2.22. The van der Waals surface area contributed by atoms with E-state index < -0.39 is 37.3 Å². The second-order valence-electron chi connectivity index (χ2n) is 4.84. The summed E-state index contributed by atoms with van der Waals surface area (Å²) in [4.78, 5) is 0. The number of hydrogen-bond acceptors (Lipinski definition) is 7. The Labute approximate surface area is 132 Å². The van der Waals surface area contributed by atoms with Gasteiger partial charge in [0.2, 0.25) is 0 Å². The first-order chi connectivity index (χ1) is 10.5. The molecule has 1 fully saturated rings. The predicted molar refractivity (Wildman–Crippen MR) is 82.7 cm³/mol. The average molecular weight is 329 g/mol. The van der Waals surface area contributed by atoms with Crippen LogP contribution in [0.15, 0.2) is 30.3 Å². The lowest BCUT2D eigenvalue weighted by Crippen LogP contribution is -2.65. The predicted octanol–water partition coefficient (Wildman–Crippen LogP) is -1.72. The number of aliphatic hydroxyl groups is 4. The van der Waals surface area contributed by atoms with E-state index in [9.17, 15) is 15.3 Å². The van der Waals surface area contributed by atoms with Gasteiger partial charge in [0.1, 0.15) is 24.4 Å². The first kappa shape index (κ1) is 17.0. The zero-order valence-corrected chi connectivity index (χ0v) is 12.4. The third-order valence-corrected chi connectivity index (χ3v) is 3.46. The average Bonchev–Trinajstić information content (AvgIpc) is 2.53. The molecule has 1 aromatic carbocycles. The van der Waals surface area contributed by atoms with Crippen molar-refractivity contribution in [3.63, 3.8) is 0 Å². The lowest BCUT2D eigenvalue weighted by Gasteiger charge is -2.40. The van der Waals surface area contributed by atoms with Crippen molar-refractivity contribution in [2.75, 3.05) is 11.9 Å². The molecule has 0 aliphatic carbocycles. The maximum Gasteiger partial charge on any atom is 0.185 e. The molecule has 8 nitrogen and oxygen atoms in total. The van der Waals surface area contributed by atoms with Gasteiger partial charge >= 0.3 is 0 Å². The van der Waals surface area contributed by atoms with Gasteiger partial charge in [-0.3, -0.25) is 5.43 Å². The number of hydrazine groups is 1. The molecule has 122 valence electrons. The fourth-order valence-electron chi connectivity index (χ4n) is 2.04. The molecule has 1 heterocycles. The molecule has 5 atom stereocenters. The van der Waals surface area contributed by atoms with Crippen LogP contribution in [0.2, 0.25) is 0 Å². The van der Waals surface area contributed by atoms with Gasteiger partial charge < -0.3 is 30.5 Å². The number of aliphatic hydroxyl groups excluding tert-OH is 4. The Bertz CT molecular complexity index is 490. The van der Waals surface area contributed by atoms with Gasteiger partial charge in [-0.1, -0.05) is 18.2 Å². The smallest absolute Gasteiger partial charge is 0.185 e. The highest BCUT2D eigenvalue weighted by atomic mass is 32.1. The Kier molecular flexibility index (Phi) is 6.03. The summed E-state index contributed by atoms with van der Waals surface area (Å²) >= 11 is 5.07. The highest BCUT2D eigenvalue weighted by Crippen LogP contribution is 2.19. The molecule has 1 aliphatic rings. The zero-order valence-electron chi connectivity index (χ0n) is 11.6. The molecule has 9 heteroatoms. The van der Waals surface area contributed by atoms with Gasteiger partial charge in [0, 0.05) is 5.69 Å². The van der Waals surface area contributed by atoms with Crippen LogP contribution < -0.4 is 16.2 Å². The van der Waals surface area contributed by atoms with Crippen molar-refractivity contribution >= 4 is 23.0 Å². The van der Waals surface area contributed by atoms with Crippen molar-refractivity contribution in [2.45, 2.75) is 30.6 Å². The Morgan fingerprint density at radius 3 is 2.41 bits per heavy atom. The van der Waals surface area contributed by atoms with E-state index in [2.05, 4.69) is 16.2 Å². The number of rotatable bonds is 4. The van der Waals surface area contributed by atoms with Crippen LogP contribution in [0.5, 0.6) is 0 Å². The Balaban J connectivity index is 1.86. The SMILES string of the molecule is OC[C@@H]1O[C@H](NNC(=S)Nc2ccccc2)[C@H](O)[C@@H](O)[C@H]1O. The summed E-state index contributed by atoms with van der Waals surface area (Å²) in [6.07, 6.45) is -6.25. The number of para-hydroxylation sites is 1. The zero-order chi connectivity index (χ0) is 16.1. The largest absolute Gasteiger partial charge is 0.394 e. The van der Waals surface area contributed by atoms with Gasteiger partial charge in [-0.25, -0.2) is 5.43 Å². The van der Waals surface area contributed by atoms with Gasteiger partial charge in [-0.15, -0.1) is 0 Å². The number of hydrogen-bond donors (Lipinski definition) is 7. The molecule has 2 rings (SSSR count). The van der Waals surface area contributed by atoms with Crippen LogP contribution in [0.4, 0.5) is 5.69 Å². The Morgan fingerprint density at radius 2 is 1.77 bits per heavy atom. The van der Waals surface area contributed by atoms with Crippen molar-refractivity contribution in [3.8, 4) is 0 Å². The summed E-state index contributed by atoms with van der Waals surface area (Å²) in [6, 6.07) is 9.20. The molecule has 7 N–H and O–H groups in total. The van der Waals surface area contributed by atoms with Crippen molar-refractivity contribution in [2.24, 2.45) is 0 Å². The number of benzene rings is 1. The van der Waals surface area contributed by atoms with Crippen LogP contribution >= 0.6 is 12.2 Å². The second-order valence-corrected chi connectivity index (χ2v) is 5.25. The lowest BCUT2D eigenvalue weighted by molar-refractivity contribution is -0.238. The number of ether oxygens (including phenoxy) is 1. The highest BCUT2D eigenvalue weighted by molar-refractivity contribution is 7.80. The molecule has 0 amide bonds. The van der Waals surface area contributed by atoms with Crippen molar-refractivity contribution in [3.05, 3.63) is 30.3 Å². The first-order valence-corrected chi connectivity index (χ1v) is 7.12. The first-order valence-electron chi connectivity index (χ1n) is 6.71. The van der Waals surface area contributed by atoms with Crippen molar-refractivity contribution in [1.82, 2.24) is 10.9 Å². The molecule has 1 aromatic rings. The van der Waals surface area contributed by atoms with E-state index in [0.29, 0.717) is 0 Å². The molecule has 0 radical (unpaired) electrons. The van der Waals surface area contributed by atoms with Crippen LogP contribution in [0.3, 0.4) is 0 Å². The van der Waals surface area contributed by atoms with Crippen LogP contribution in [0.1, 0.15) is 0 Å². The topological polar surface area (TPSA) is 126 Å². The van der Waals surface area contributed by atoms with Crippen LogP contribution in [0, 0.1) is 0 Å². The third-order valence-electron chi connectivity index (χ3n) is 3.25. The summed E-state index contributed by atoms with van der Waals surface area (Å²) in [7, 11) is 0.